The molecule has 0 atom stereocenters. The standard InChI is InChI=1S/C11H13FN2OSi/c1-16(2,3)15-11-10-8(12)5-4-6-9(10)13-7-14-11/h4-7H,1-3H3. The molecule has 0 aliphatic carbocycles. The number of nitrogens with zero attached hydrogens (tertiary/aromatic N) is 2. The van der Waals surface area contributed by atoms with Crippen LogP contribution in [-0.4, -0.2) is 18.3 Å². The minimum Gasteiger partial charge on any atom is -0.531 e. The molecular weight excluding hydrogens is 223 g/mol. The highest BCUT2D eigenvalue weighted by atomic mass is 28.4. The van der Waals surface area contributed by atoms with Gasteiger partial charge in [0.05, 0.1) is 10.9 Å². The predicted octanol–water partition coefficient (Wildman–Crippen LogP) is 2.98. The Morgan fingerprint density at radius 1 is 1.19 bits per heavy atom. The fourth-order valence-electron chi connectivity index (χ4n) is 1.41. The van der Waals surface area contributed by atoms with E-state index < -0.39 is 8.32 Å². The maximum absolute atomic E-state index is 13.7. The number of hydrogen-bond acceptors (Lipinski definition) is 3. The molecule has 2 aromatic rings. The first kappa shape index (κ1) is 11.0. The van der Waals surface area contributed by atoms with Gasteiger partial charge in [-0.1, -0.05) is 6.07 Å². The molecule has 0 unspecified atom stereocenters. The zero-order chi connectivity index (χ0) is 11.8. The van der Waals surface area contributed by atoms with E-state index in [1.54, 1.807) is 12.1 Å². The third-order valence-electron chi connectivity index (χ3n) is 1.98. The van der Waals surface area contributed by atoms with E-state index in [9.17, 15) is 4.39 Å². The lowest BCUT2D eigenvalue weighted by Gasteiger charge is -2.19. The molecule has 16 heavy (non-hydrogen) atoms. The Morgan fingerprint density at radius 3 is 2.62 bits per heavy atom. The van der Waals surface area contributed by atoms with E-state index in [1.165, 1.54) is 12.4 Å². The second kappa shape index (κ2) is 3.82. The summed E-state index contributed by atoms with van der Waals surface area (Å²) in [4.78, 5) is 8.03. The molecule has 2 rings (SSSR count). The Bertz CT molecular complexity index is 520. The summed E-state index contributed by atoms with van der Waals surface area (Å²) in [6.45, 7) is 6.09. The fraction of sp³-hybridized carbons (Fsp3) is 0.273. The number of hydrogen-bond donors (Lipinski definition) is 0. The van der Waals surface area contributed by atoms with Crippen LogP contribution in [-0.2, 0) is 0 Å². The predicted molar refractivity (Wildman–Crippen MR) is 63.5 cm³/mol. The Hall–Kier alpha value is -1.49. The molecule has 1 heterocycles. The number of benzene rings is 1. The Kier molecular flexibility index (Phi) is 2.63. The van der Waals surface area contributed by atoms with E-state index in [1.807, 2.05) is 19.6 Å². The lowest BCUT2D eigenvalue weighted by atomic mass is 10.2. The molecule has 1 aromatic carbocycles. The maximum atomic E-state index is 13.7. The van der Waals surface area contributed by atoms with Crippen molar-refractivity contribution in [2.75, 3.05) is 0 Å². The lowest BCUT2D eigenvalue weighted by molar-refractivity contribution is 0.534. The normalized spacial score (nSPS) is 11.8. The van der Waals surface area contributed by atoms with Crippen molar-refractivity contribution in [1.82, 2.24) is 9.97 Å². The van der Waals surface area contributed by atoms with Crippen molar-refractivity contribution in [3.8, 4) is 5.88 Å². The summed E-state index contributed by atoms with van der Waals surface area (Å²) in [7, 11) is -1.80. The Labute approximate surface area is 94.4 Å². The Balaban J connectivity index is 2.61. The van der Waals surface area contributed by atoms with E-state index in [0.29, 0.717) is 16.8 Å². The summed E-state index contributed by atoms with van der Waals surface area (Å²) in [5, 5.41) is 0.368. The number of fused-ring (bicyclic) bond motifs is 1. The third-order valence-corrected chi connectivity index (χ3v) is 2.79. The molecule has 1 aromatic heterocycles. The first-order valence-corrected chi connectivity index (χ1v) is 8.46. The van der Waals surface area contributed by atoms with Crippen molar-refractivity contribution in [2.24, 2.45) is 0 Å². The van der Waals surface area contributed by atoms with Crippen LogP contribution >= 0.6 is 0 Å². The quantitative estimate of drug-likeness (QED) is 0.752. The lowest BCUT2D eigenvalue weighted by Crippen LogP contribution is -2.30. The molecular formula is C11H13FN2OSi. The minimum absolute atomic E-state index is 0.341. The van der Waals surface area contributed by atoms with Crippen molar-refractivity contribution < 1.29 is 8.82 Å². The molecule has 0 amide bonds. The third kappa shape index (κ3) is 2.19. The second-order valence-corrected chi connectivity index (χ2v) is 8.96. The molecule has 0 fully saturated rings. The van der Waals surface area contributed by atoms with Crippen LogP contribution in [0.3, 0.4) is 0 Å². The molecule has 0 bridgehead atoms. The monoisotopic (exact) mass is 236 g/mol. The molecule has 0 radical (unpaired) electrons. The van der Waals surface area contributed by atoms with Crippen LogP contribution in [0.25, 0.3) is 10.9 Å². The van der Waals surface area contributed by atoms with Gasteiger partial charge in [0.1, 0.15) is 12.1 Å². The van der Waals surface area contributed by atoms with Crippen LogP contribution in [0, 0.1) is 5.82 Å². The smallest absolute Gasteiger partial charge is 0.244 e. The zero-order valence-corrected chi connectivity index (χ0v) is 10.5. The summed E-state index contributed by atoms with van der Waals surface area (Å²) < 4.78 is 19.4. The fourth-order valence-corrected chi connectivity index (χ4v) is 2.14. The van der Waals surface area contributed by atoms with E-state index in [4.69, 9.17) is 4.43 Å². The summed E-state index contributed by atoms with van der Waals surface area (Å²) >= 11 is 0. The number of rotatable bonds is 2. The average Bonchev–Trinajstić information content (AvgIpc) is 2.15. The highest BCUT2D eigenvalue weighted by Crippen LogP contribution is 2.26. The highest BCUT2D eigenvalue weighted by Gasteiger charge is 2.20. The van der Waals surface area contributed by atoms with Gasteiger partial charge in [0.2, 0.25) is 14.2 Å². The summed E-state index contributed by atoms with van der Waals surface area (Å²) in [6, 6.07) is 4.77. The van der Waals surface area contributed by atoms with Crippen LogP contribution < -0.4 is 4.43 Å². The average molecular weight is 236 g/mol. The van der Waals surface area contributed by atoms with Gasteiger partial charge in [0.25, 0.3) is 0 Å². The van der Waals surface area contributed by atoms with Crippen molar-refractivity contribution in [3.63, 3.8) is 0 Å². The van der Waals surface area contributed by atoms with Gasteiger partial charge in [0, 0.05) is 0 Å². The van der Waals surface area contributed by atoms with Crippen molar-refractivity contribution in [2.45, 2.75) is 19.6 Å². The molecule has 0 aliphatic heterocycles. The molecule has 5 heteroatoms. The van der Waals surface area contributed by atoms with Crippen LogP contribution in [0.4, 0.5) is 4.39 Å². The van der Waals surface area contributed by atoms with Gasteiger partial charge in [-0.25, -0.2) is 14.4 Å². The number of halogens is 1. The van der Waals surface area contributed by atoms with Gasteiger partial charge in [-0.2, -0.15) is 0 Å². The van der Waals surface area contributed by atoms with Crippen LogP contribution in [0.15, 0.2) is 24.5 Å². The van der Waals surface area contributed by atoms with Crippen LogP contribution in [0.2, 0.25) is 19.6 Å². The first-order valence-electron chi connectivity index (χ1n) is 5.05. The largest absolute Gasteiger partial charge is 0.531 e. The van der Waals surface area contributed by atoms with Crippen molar-refractivity contribution in [3.05, 3.63) is 30.3 Å². The first-order chi connectivity index (χ1) is 7.47. The molecule has 0 aliphatic rings. The van der Waals surface area contributed by atoms with E-state index in [0.717, 1.165) is 0 Å². The highest BCUT2D eigenvalue weighted by molar-refractivity contribution is 6.70. The van der Waals surface area contributed by atoms with Gasteiger partial charge in [0.15, 0.2) is 0 Å². The van der Waals surface area contributed by atoms with Crippen LogP contribution in [0.5, 0.6) is 5.88 Å². The molecule has 0 saturated heterocycles. The number of aromatic nitrogens is 2. The molecule has 3 nitrogen and oxygen atoms in total. The van der Waals surface area contributed by atoms with Gasteiger partial charge in [-0.15, -0.1) is 0 Å². The van der Waals surface area contributed by atoms with E-state index >= 15 is 0 Å². The summed E-state index contributed by atoms with van der Waals surface area (Å²) in [5.74, 6) is 0.00798. The van der Waals surface area contributed by atoms with Crippen LogP contribution in [0.1, 0.15) is 0 Å². The summed E-state index contributed by atoms with van der Waals surface area (Å²) in [6.07, 6.45) is 1.40. The van der Waals surface area contributed by atoms with E-state index in [-0.39, 0.29) is 5.82 Å². The molecule has 0 N–H and O–H groups in total. The van der Waals surface area contributed by atoms with Crippen molar-refractivity contribution in [1.29, 1.82) is 0 Å². The maximum Gasteiger partial charge on any atom is 0.244 e. The van der Waals surface area contributed by atoms with Gasteiger partial charge in [-0.3, -0.25) is 0 Å². The van der Waals surface area contributed by atoms with E-state index in [2.05, 4.69) is 9.97 Å². The summed E-state index contributed by atoms with van der Waals surface area (Å²) in [5.41, 5.74) is 0.572. The zero-order valence-electron chi connectivity index (χ0n) is 9.49. The molecule has 84 valence electrons. The molecule has 0 saturated carbocycles. The SMILES string of the molecule is C[Si](C)(C)Oc1ncnc2cccc(F)c12. The van der Waals surface area contributed by atoms with Gasteiger partial charge < -0.3 is 4.43 Å². The topological polar surface area (TPSA) is 35.0 Å². The van der Waals surface area contributed by atoms with Gasteiger partial charge in [-0.05, 0) is 31.8 Å². The second-order valence-electron chi connectivity index (χ2n) is 4.53. The van der Waals surface area contributed by atoms with Crippen molar-refractivity contribution >= 4 is 19.2 Å². The molecule has 0 spiro atoms. The Morgan fingerprint density at radius 2 is 1.94 bits per heavy atom. The minimum atomic E-state index is -1.80. The van der Waals surface area contributed by atoms with Gasteiger partial charge >= 0.3 is 0 Å².